The first-order valence-electron chi connectivity index (χ1n) is 9.69. The van der Waals surface area contributed by atoms with Gasteiger partial charge in [0, 0.05) is 6.54 Å². The molecule has 146 valence electrons. The van der Waals surface area contributed by atoms with Gasteiger partial charge in [-0.25, -0.2) is 4.68 Å². The predicted octanol–water partition coefficient (Wildman–Crippen LogP) is 2.77. The molecule has 2 fully saturated rings. The van der Waals surface area contributed by atoms with Crippen molar-refractivity contribution in [2.45, 2.75) is 44.6 Å². The molecular weight excluding hydrogens is 362 g/mol. The Bertz CT molecular complexity index is 738. The van der Waals surface area contributed by atoms with E-state index >= 15 is 0 Å². The Morgan fingerprint density at radius 2 is 1.96 bits per heavy atom. The van der Waals surface area contributed by atoms with Crippen molar-refractivity contribution in [3.8, 4) is 0 Å². The van der Waals surface area contributed by atoms with Gasteiger partial charge in [0.2, 0.25) is 0 Å². The van der Waals surface area contributed by atoms with E-state index in [0.29, 0.717) is 18.3 Å². The number of hydrogen-bond acceptors (Lipinski definition) is 4. The smallest absolute Gasteiger partial charge is 0.273 e. The van der Waals surface area contributed by atoms with Crippen LogP contribution in [0.25, 0.3) is 0 Å². The van der Waals surface area contributed by atoms with Gasteiger partial charge in [0.15, 0.2) is 5.69 Å². The third-order valence-electron chi connectivity index (χ3n) is 5.89. The summed E-state index contributed by atoms with van der Waals surface area (Å²) in [6, 6.07) is 10.9. The average molecular weight is 390 g/mol. The summed E-state index contributed by atoms with van der Waals surface area (Å²) in [5.74, 6) is -0.107. The third kappa shape index (κ3) is 4.68. The molecule has 0 unspecified atom stereocenters. The molecule has 1 amide bonds. The predicted molar refractivity (Wildman–Crippen MR) is 107 cm³/mol. The minimum atomic E-state index is -0.107. The van der Waals surface area contributed by atoms with Crippen LogP contribution in [0.2, 0.25) is 0 Å². The lowest BCUT2D eigenvalue weighted by Crippen LogP contribution is -2.43. The van der Waals surface area contributed by atoms with Crippen molar-refractivity contribution in [1.82, 2.24) is 25.6 Å². The summed E-state index contributed by atoms with van der Waals surface area (Å²) < 4.78 is 1.86. The third-order valence-corrected chi connectivity index (χ3v) is 5.89. The molecule has 1 aromatic heterocycles. The van der Waals surface area contributed by atoms with Gasteiger partial charge in [0.25, 0.3) is 5.91 Å². The monoisotopic (exact) mass is 389 g/mol. The maximum Gasteiger partial charge on any atom is 0.273 e. The van der Waals surface area contributed by atoms with Crippen LogP contribution in [0.1, 0.15) is 54.2 Å². The molecule has 2 aromatic rings. The minimum Gasteiger partial charge on any atom is -0.350 e. The number of hydrogen-bond donors (Lipinski definition) is 2. The normalized spacial score (nSPS) is 19.0. The van der Waals surface area contributed by atoms with Gasteiger partial charge in [0.1, 0.15) is 0 Å². The van der Waals surface area contributed by atoms with Crippen molar-refractivity contribution in [2.75, 3.05) is 19.6 Å². The van der Waals surface area contributed by atoms with Gasteiger partial charge in [-0.2, -0.15) is 0 Å². The number of halogens is 1. The molecule has 2 heterocycles. The number of nitrogens with zero attached hydrogens (tertiary/aromatic N) is 3. The van der Waals surface area contributed by atoms with Crippen LogP contribution in [0.4, 0.5) is 0 Å². The number of rotatable bonds is 6. The highest BCUT2D eigenvalue weighted by Gasteiger charge is 2.37. The number of benzene rings is 1. The van der Waals surface area contributed by atoms with Gasteiger partial charge in [-0.05, 0) is 56.2 Å². The number of piperidine rings is 1. The number of carbonyl (C=O) groups excluding carboxylic acids is 1. The zero-order valence-corrected chi connectivity index (χ0v) is 16.4. The molecule has 1 aliphatic carbocycles. The van der Waals surface area contributed by atoms with Crippen molar-refractivity contribution in [2.24, 2.45) is 5.41 Å². The lowest BCUT2D eigenvalue weighted by atomic mass is 9.65. The fraction of sp³-hybridized carbons (Fsp3) is 0.550. The SMILES string of the molecule is Cl.O=C(NCC1(Cc2ccccc2)CCC1)c1cn(C2CCNCC2)nn1. The highest BCUT2D eigenvalue weighted by Crippen LogP contribution is 2.43. The summed E-state index contributed by atoms with van der Waals surface area (Å²) in [6.45, 7) is 2.70. The minimum absolute atomic E-state index is 0. The fourth-order valence-corrected chi connectivity index (χ4v) is 4.11. The molecule has 1 saturated carbocycles. The highest BCUT2D eigenvalue weighted by atomic mass is 35.5. The summed E-state index contributed by atoms with van der Waals surface area (Å²) in [5, 5.41) is 14.7. The van der Waals surface area contributed by atoms with Crippen molar-refractivity contribution in [3.63, 3.8) is 0 Å². The second-order valence-electron chi connectivity index (χ2n) is 7.76. The van der Waals surface area contributed by atoms with Gasteiger partial charge >= 0.3 is 0 Å². The molecule has 27 heavy (non-hydrogen) atoms. The van der Waals surface area contributed by atoms with Crippen LogP contribution in [0, 0.1) is 5.41 Å². The van der Waals surface area contributed by atoms with Crippen LogP contribution in [0.3, 0.4) is 0 Å². The van der Waals surface area contributed by atoms with Crippen LogP contribution in [0.15, 0.2) is 36.5 Å². The molecular formula is C20H28ClN5O. The van der Waals surface area contributed by atoms with E-state index in [0.717, 1.165) is 32.4 Å². The average Bonchev–Trinajstić information content (AvgIpc) is 3.15. The zero-order valence-electron chi connectivity index (χ0n) is 15.6. The lowest BCUT2D eigenvalue weighted by molar-refractivity contribution is 0.0855. The van der Waals surface area contributed by atoms with Crippen molar-refractivity contribution in [1.29, 1.82) is 0 Å². The summed E-state index contributed by atoms with van der Waals surface area (Å²) in [4.78, 5) is 12.5. The van der Waals surface area contributed by atoms with E-state index in [1.54, 1.807) is 6.20 Å². The van der Waals surface area contributed by atoms with Crippen LogP contribution < -0.4 is 10.6 Å². The molecule has 6 nitrogen and oxygen atoms in total. The number of aromatic nitrogens is 3. The summed E-state index contributed by atoms with van der Waals surface area (Å²) in [7, 11) is 0. The van der Waals surface area contributed by atoms with Crippen molar-refractivity contribution >= 4 is 18.3 Å². The molecule has 1 aromatic carbocycles. The molecule has 4 rings (SSSR count). The number of amides is 1. The second kappa shape index (κ2) is 8.85. The first-order chi connectivity index (χ1) is 12.7. The van der Waals surface area contributed by atoms with E-state index in [9.17, 15) is 4.79 Å². The topological polar surface area (TPSA) is 71.8 Å². The van der Waals surface area contributed by atoms with Crippen molar-refractivity contribution in [3.05, 3.63) is 47.8 Å². The van der Waals surface area contributed by atoms with Crippen LogP contribution in [-0.2, 0) is 6.42 Å². The van der Waals surface area contributed by atoms with Gasteiger partial charge in [-0.15, -0.1) is 17.5 Å². The van der Waals surface area contributed by atoms with E-state index in [1.807, 2.05) is 10.7 Å². The van der Waals surface area contributed by atoms with E-state index in [4.69, 9.17) is 0 Å². The molecule has 2 aliphatic rings. The first-order valence-corrected chi connectivity index (χ1v) is 9.69. The molecule has 0 spiro atoms. The molecule has 2 N–H and O–H groups in total. The standard InChI is InChI=1S/C20H27N5O.ClH/c26-19(18-14-25(24-23-18)17-7-11-21-12-8-17)22-15-20(9-4-10-20)13-16-5-2-1-3-6-16;/h1-3,5-6,14,17,21H,4,7-13,15H2,(H,22,26);1H. The quantitative estimate of drug-likeness (QED) is 0.796. The Morgan fingerprint density at radius 1 is 1.22 bits per heavy atom. The van der Waals surface area contributed by atoms with E-state index in [1.165, 1.54) is 24.8 Å². The van der Waals surface area contributed by atoms with E-state index < -0.39 is 0 Å². The maximum atomic E-state index is 12.5. The van der Waals surface area contributed by atoms with Gasteiger partial charge in [-0.3, -0.25) is 4.79 Å². The Hall–Kier alpha value is -1.92. The summed E-state index contributed by atoms with van der Waals surface area (Å²) in [5.41, 5.74) is 1.97. The number of nitrogens with one attached hydrogen (secondary N) is 2. The number of carbonyl (C=O) groups is 1. The Kier molecular flexibility index (Phi) is 6.50. The highest BCUT2D eigenvalue weighted by molar-refractivity contribution is 5.91. The van der Waals surface area contributed by atoms with E-state index in [2.05, 4.69) is 45.2 Å². The zero-order chi connectivity index (χ0) is 17.8. The Labute approximate surface area is 166 Å². The van der Waals surface area contributed by atoms with Crippen LogP contribution >= 0.6 is 12.4 Å². The van der Waals surface area contributed by atoms with Gasteiger partial charge in [0.05, 0.1) is 12.2 Å². The second-order valence-corrected chi connectivity index (χ2v) is 7.76. The van der Waals surface area contributed by atoms with E-state index in [-0.39, 0.29) is 23.7 Å². The van der Waals surface area contributed by atoms with Gasteiger partial charge < -0.3 is 10.6 Å². The first kappa shape index (κ1) is 19.8. The maximum absolute atomic E-state index is 12.5. The van der Waals surface area contributed by atoms with Crippen LogP contribution in [-0.4, -0.2) is 40.5 Å². The lowest BCUT2D eigenvalue weighted by Gasteiger charge is -2.42. The van der Waals surface area contributed by atoms with Crippen molar-refractivity contribution < 1.29 is 4.79 Å². The fourth-order valence-electron chi connectivity index (χ4n) is 4.11. The largest absolute Gasteiger partial charge is 0.350 e. The molecule has 1 aliphatic heterocycles. The molecule has 0 atom stereocenters. The Morgan fingerprint density at radius 3 is 2.63 bits per heavy atom. The van der Waals surface area contributed by atoms with Crippen LogP contribution in [0.5, 0.6) is 0 Å². The Balaban J connectivity index is 0.00000210. The summed E-state index contributed by atoms with van der Waals surface area (Å²) in [6.07, 6.45) is 8.48. The summed E-state index contributed by atoms with van der Waals surface area (Å²) >= 11 is 0. The molecule has 0 bridgehead atoms. The molecule has 1 saturated heterocycles. The molecule has 7 heteroatoms. The van der Waals surface area contributed by atoms with Gasteiger partial charge in [-0.1, -0.05) is 42.0 Å². The molecule has 0 radical (unpaired) electrons.